The zero-order valence-corrected chi connectivity index (χ0v) is 16.6. The minimum absolute atomic E-state index is 0.203. The molecule has 0 bridgehead atoms. The molecule has 1 unspecified atom stereocenters. The Hall–Kier alpha value is -1.62. The molecule has 5 heteroatoms. The summed E-state index contributed by atoms with van der Waals surface area (Å²) in [5, 5.41) is 7.73. The monoisotopic (exact) mass is 358 g/mol. The number of nitrogens with zero attached hydrogens (tertiary/aromatic N) is 3. The molecule has 0 aromatic carbocycles. The molecule has 1 N–H and O–H groups in total. The van der Waals surface area contributed by atoms with Gasteiger partial charge in [-0.05, 0) is 51.5 Å². The van der Waals surface area contributed by atoms with E-state index in [0.717, 1.165) is 44.7 Å². The molecule has 0 radical (unpaired) electrons. The van der Waals surface area contributed by atoms with Gasteiger partial charge in [-0.1, -0.05) is 25.0 Å². The highest BCUT2D eigenvalue weighted by Gasteiger charge is 2.25. The minimum atomic E-state index is 0.203. The average Bonchev–Trinajstić information content (AvgIpc) is 2.93. The van der Waals surface area contributed by atoms with Crippen molar-refractivity contribution >= 4 is 5.91 Å². The molecule has 1 aliphatic heterocycles. The predicted octanol–water partition coefficient (Wildman–Crippen LogP) is 3.50. The summed E-state index contributed by atoms with van der Waals surface area (Å²) < 4.78 is 2.12. The lowest BCUT2D eigenvalue weighted by Gasteiger charge is -2.29. The van der Waals surface area contributed by atoms with E-state index in [1.54, 1.807) is 0 Å². The third kappa shape index (κ3) is 5.19. The second-order valence-electron chi connectivity index (χ2n) is 8.39. The Kier molecular flexibility index (Phi) is 6.52. The van der Waals surface area contributed by atoms with Gasteiger partial charge in [0.05, 0.1) is 24.5 Å². The third-order valence-corrected chi connectivity index (χ3v) is 5.63. The fraction of sp³-hybridized carbons (Fsp3) is 0.714. The van der Waals surface area contributed by atoms with E-state index in [1.807, 2.05) is 0 Å². The molecule has 144 valence electrons. The van der Waals surface area contributed by atoms with Crippen molar-refractivity contribution in [3.63, 3.8) is 0 Å². The second kappa shape index (κ2) is 8.85. The summed E-state index contributed by atoms with van der Waals surface area (Å²) >= 11 is 0. The number of nitrogens with one attached hydrogen (secondary N) is 1. The number of hydrogen-bond acceptors (Lipinski definition) is 3. The van der Waals surface area contributed by atoms with Gasteiger partial charge in [-0.3, -0.25) is 14.4 Å². The van der Waals surface area contributed by atoms with Crippen molar-refractivity contribution in [1.82, 2.24) is 20.0 Å². The van der Waals surface area contributed by atoms with E-state index in [-0.39, 0.29) is 11.8 Å². The van der Waals surface area contributed by atoms with Crippen molar-refractivity contribution in [2.24, 2.45) is 11.8 Å². The van der Waals surface area contributed by atoms with Gasteiger partial charge >= 0.3 is 0 Å². The highest BCUT2D eigenvalue weighted by atomic mass is 16.1. The molecule has 26 heavy (non-hydrogen) atoms. The van der Waals surface area contributed by atoms with Crippen LogP contribution in [0.1, 0.15) is 64.3 Å². The van der Waals surface area contributed by atoms with Gasteiger partial charge in [0, 0.05) is 25.6 Å². The maximum Gasteiger partial charge on any atom is 0.223 e. The first kappa shape index (κ1) is 19.2. The number of carbonyl (C=O) groups is 1. The van der Waals surface area contributed by atoms with Gasteiger partial charge in [0.25, 0.3) is 0 Å². The van der Waals surface area contributed by atoms with Crippen LogP contribution in [0.2, 0.25) is 0 Å². The molecular weight excluding hydrogens is 324 g/mol. The van der Waals surface area contributed by atoms with Crippen LogP contribution in [0.25, 0.3) is 0 Å². The van der Waals surface area contributed by atoms with E-state index in [9.17, 15) is 4.79 Å². The van der Waals surface area contributed by atoms with E-state index in [0.29, 0.717) is 12.5 Å². The topological polar surface area (TPSA) is 50.2 Å². The minimum Gasteiger partial charge on any atom is -0.350 e. The normalized spacial score (nSPS) is 18.7. The third-order valence-electron chi connectivity index (χ3n) is 5.63. The maximum absolute atomic E-state index is 12.0. The Bertz CT molecular complexity index is 640. The first-order chi connectivity index (χ1) is 12.5. The second-order valence-corrected chi connectivity index (χ2v) is 8.39. The van der Waals surface area contributed by atoms with Crippen LogP contribution in [-0.2, 0) is 24.4 Å². The van der Waals surface area contributed by atoms with Gasteiger partial charge in [0.15, 0.2) is 0 Å². The Morgan fingerprint density at radius 1 is 1.38 bits per heavy atom. The smallest absolute Gasteiger partial charge is 0.223 e. The standard InChI is InChI=1S/C21H34N4O/c1-16(2)6-4-7-17(3)14-24-10-11-25-20(15-24)12-19(23-25)13-22-21(26)18-8-5-9-18/h6,12,17-18H,4-5,7-11,13-15H2,1-3H3,(H,22,26). The van der Waals surface area contributed by atoms with Crippen LogP contribution < -0.4 is 5.32 Å². The Morgan fingerprint density at radius 3 is 2.88 bits per heavy atom. The van der Waals surface area contributed by atoms with Crippen molar-refractivity contribution in [2.45, 2.75) is 72.5 Å². The quantitative estimate of drug-likeness (QED) is 0.724. The summed E-state index contributed by atoms with van der Waals surface area (Å²) in [4.78, 5) is 14.5. The average molecular weight is 359 g/mol. The lowest BCUT2D eigenvalue weighted by molar-refractivity contribution is -0.127. The predicted molar refractivity (Wildman–Crippen MR) is 105 cm³/mol. The Labute approximate surface area is 157 Å². The molecule has 5 nitrogen and oxygen atoms in total. The number of carbonyl (C=O) groups excluding carboxylic acids is 1. The van der Waals surface area contributed by atoms with Crippen molar-refractivity contribution in [3.05, 3.63) is 29.1 Å². The molecule has 1 fully saturated rings. The van der Waals surface area contributed by atoms with Crippen molar-refractivity contribution in [2.75, 3.05) is 13.1 Å². The number of amides is 1. The highest BCUT2D eigenvalue weighted by Crippen LogP contribution is 2.26. The zero-order valence-electron chi connectivity index (χ0n) is 16.6. The largest absolute Gasteiger partial charge is 0.350 e. The number of rotatable bonds is 8. The van der Waals surface area contributed by atoms with Crippen LogP contribution in [0.15, 0.2) is 17.7 Å². The first-order valence-electron chi connectivity index (χ1n) is 10.2. The van der Waals surface area contributed by atoms with Crippen LogP contribution in [0.5, 0.6) is 0 Å². The maximum atomic E-state index is 12.0. The van der Waals surface area contributed by atoms with Gasteiger partial charge < -0.3 is 5.32 Å². The SMILES string of the molecule is CC(C)=CCCC(C)CN1CCn2nc(CNC(=O)C3CCC3)cc2C1. The number of fused-ring (bicyclic) bond motifs is 1. The van der Waals surface area contributed by atoms with Crippen LogP contribution in [0.3, 0.4) is 0 Å². The van der Waals surface area contributed by atoms with Gasteiger partial charge in [0.1, 0.15) is 0 Å². The molecule has 1 amide bonds. The van der Waals surface area contributed by atoms with Gasteiger partial charge in [-0.2, -0.15) is 5.10 Å². The van der Waals surface area contributed by atoms with E-state index in [2.05, 4.69) is 52.9 Å². The summed E-state index contributed by atoms with van der Waals surface area (Å²) in [6, 6.07) is 2.17. The molecule has 1 aromatic rings. The molecular formula is C21H34N4O. The highest BCUT2D eigenvalue weighted by molar-refractivity contribution is 5.79. The Morgan fingerprint density at radius 2 is 2.19 bits per heavy atom. The van der Waals surface area contributed by atoms with Crippen molar-refractivity contribution < 1.29 is 4.79 Å². The molecule has 1 aliphatic carbocycles. The molecule has 0 spiro atoms. The molecule has 1 aromatic heterocycles. The van der Waals surface area contributed by atoms with Gasteiger partial charge in [-0.25, -0.2) is 0 Å². The molecule has 0 saturated heterocycles. The fourth-order valence-electron chi connectivity index (χ4n) is 3.80. The first-order valence-corrected chi connectivity index (χ1v) is 10.2. The van der Waals surface area contributed by atoms with Gasteiger partial charge in [0.2, 0.25) is 5.91 Å². The molecule has 3 rings (SSSR count). The summed E-state index contributed by atoms with van der Waals surface area (Å²) in [6.07, 6.45) is 8.06. The summed E-state index contributed by atoms with van der Waals surface area (Å²) in [5.41, 5.74) is 3.68. The van der Waals surface area contributed by atoms with Crippen LogP contribution in [0.4, 0.5) is 0 Å². The van der Waals surface area contributed by atoms with E-state index in [4.69, 9.17) is 0 Å². The van der Waals surface area contributed by atoms with Gasteiger partial charge in [-0.15, -0.1) is 0 Å². The van der Waals surface area contributed by atoms with E-state index < -0.39 is 0 Å². The van der Waals surface area contributed by atoms with Crippen LogP contribution in [-0.4, -0.2) is 33.7 Å². The lowest BCUT2D eigenvalue weighted by atomic mass is 9.85. The number of hydrogen-bond donors (Lipinski definition) is 1. The summed E-state index contributed by atoms with van der Waals surface area (Å²) in [5.74, 6) is 1.16. The zero-order chi connectivity index (χ0) is 18.5. The van der Waals surface area contributed by atoms with Crippen molar-refractivity contribution in [3.8, 4) is 0 Å². The number of aromatic nitrogens is 2. The molecule has 1 atom stereocenters. The number of allylic oxidation sites excluding steroid dienone is 2. The van der Waals surface area contributed by atoms with Crippen LogP contribution >= 0.6 is 0 Å². The fourth-order valence-corrected chi connectivity index (χ4v) is 3.80. The lowest BCUT2D eigenvalue weighted by Crippen LogP contribution is -2.36. The van der Waals surface area contributed by atoms with E-state index >= 15 is 0 Å². The Balaban J connectivity index is 1.45. The van der Waals surface area contributed by atoms with Crippen molar-refractivity contribution in [1.29, 1.82) is 0 Å². The van der Waals surface area contributed by atoms with Crippen LogP contribution in [0, 0.1) is 11.8 Å². The molecule has 2 aliphatic rings. The molecule has 2 heterocycles. The summed E-state index contributed by atoms with van der Waals surface area (Å²) in [7, 11) is 0. The summed E-state index contributed by atoms with van der Waals surface area (Å²) in [6.45, 7) is 11.4. The van der Waals surface area contributed by atoms with E-state index in [1.165, 1.54) is 30.5 Å². The molecule has 1 saturated carbocycles.